The Balaban J connectivity index is 2.19. The van der Waals surface area contributed by atoms with Gasteiger partial charge in [0.25, 0.3) is 0 Å². The van der Waals surface area contributed by atoms with E-state index in [1.54, 1.807) is 0 Å². The van der Waals surface area contributed by atoms with Crippen LogP contribution in [0.15, 0.2) is 12.2 Å². The molecule has 0 N–H and O–H groups in total. The van der Waals surface area contributed by atoms with Crippen molar-refractivity contribution in [3.63, 3.8) is 0 Å². The van der Waals surface area contributed by atoms with E-state index in [0.717, 1.165) is 11.8 Å². The summed E-state index contributed by atoms with van der Waals surface area (Å²) in [7, 11) is 0. The molecule has 1 aliphatic rings. The highest BCUT2D eigenvalue weighted by Gasteiger charge is 2.46. The van der Waals surface area contributed by atoms with Gasteiger partial charge < -0.3 is 6.92 Å². The van der Waals surface area contributed by atoms with Gasteiger partial charge in [0.2, 0.25) is 0 Å². The van der Waals surface area contributed by atoms with E-state index in [1.807, 2.05) is 0 Å². The second-order valence-corrected chi connectivity index (χ2v) is 6.32. The molecule has 0 saturated heterocycles. The fraction of sp³-hybridized carbons (Fsp3) is 0.824. The molecule has 100 valence electrons. The Kier molecular flexibility index (Phi) is 5.76. The zero-order chi connectivity index (χ0) is 12.9. The van der Waals surface area contributed by atoms with Gasteiger partial charge in [-0.15, -0.1) is 0 Å². The highest BCUT2D eigenvalue weighted by Crippen LogP contribution is 2.55. The van der Waals surface area contributed by atoms with Gasteiger partial charge >= 0.3 is 0 Å². The Bertz CT molecular complexity index is 240. The van der Waals surface area contributed by atoms with Crippen LogP contribution >= 0.6 is 0 Å². The number of rotatable bonds is 8. The lowest BCUT2D eigenvalue weighted by Gasteiger charge is -2.23. The lowest BCUT2D eigenvalue weighted by atomic mass is 9.89. The first-order valence-electron chi connectivity index (χ1n) is 7.54. The van der Waals surface area contributed by atoms with Gasteiger partial charge in [-0.25, -0.2) is 0 Å². The molecule has 1 saturated carbocycles. The van der Waals surface area contributed by atoms with Gasteiger partial charge in [-0.3, -0.25) is 0 Å². The molecule has 0 aliphatic heterocycles. The van der Waals surface area contributed by atoms with E-state index in [1.165, 1.54) is 38.5 Å². The zero-order valence-corrected chi connectivity index (χ0v) is 12.3. The first-order valence-corrected chi connectivity index (χ1v) is 7.54. The topological polar surface area (TPSA) is 0 Å². The van der Waals surface area contributed by atoms with Crippen LogP contribution in [0.25, 0.3) is 0 Å². The first-order chi connectivity index (χ1) is 8.03. The predicted octanol–water partition coefficient (Wildman–Crippen LogP) is 5.65. The Morgan fingerprint density at radius 2 is 2.12 bits per heavy atom. The van der Waals surface area contributed by atoms with Gasteiger partial charge in [0.15, 0.2) is 0 Å². The average Bonchev–Trinajstić information content (AvgIpc) is 2.95. The monoisotopic (exact) mass is 235 g/mol. The molecule has 0 aromatic heterocycles. The molecule has 0 aromatic carbocycles. The third-order valence-corrected chi connectivity index (χ3v) is 4.75. The molecule has 0 heteroatoms. The van der Waals surface area contributed by atoms with E-state index >= 15 is 0 Å². The fourth-order valence-corrected chi connectivity index (χ4v) is 2.74. The molecule has 0 bridgehead atoms. The minimum atomic E-state index is 0.545. The molecule has 0 nitrogen and oxygen atoms in total. The molecule has 4 unspecified atom stereocenters. The molecule has 4 atom stereocenters. The van der Waals surface area contributed by atoms with E-state index in [9.17, 15) is 0 Å². The molecule has 17 heavy (non-hydrogen) atoms. The lowest BCUT2D eigenvalue weighted by molar-refractivity contribution is 0.392. The van der Waals surface area contributed by atoms with Crippen molar-refractivity contribution < 1.29 is 0 Å². The van der Waals surface area contributed by atoms with Crippen LogP contribution in [0.4, 0.5) is 0 Å². The van der Waals surface area contributed by atoms with Gasteiger partial charge in [0.1, 0.15) is 0 Å². The summed E-state index contributed by atoms with van der Waals surface area (Å²) in [6, 6.07) is 0. The summed E-state index contributed by atoms with van der Waals surface area (Å²) < 4.78 is 0. The highest BCUT2D eigenvalue weighted by molar-refractivity contribution is 5.12. The third kappa shape index (κ3) is 4.48. The van der Waals surface area contributed by atoms with Crippen LogP contribution in [0.1, 0.15) is 66.2 Å². The van der Waals surface area contributed by atoms with E-state index < -0.39 is 0 Å². The van der Waals surface area contributed by atoms with Gasteiger partial charge in [0.05, 0.1) is 0 Å². The van der Waals surface area contributed by atoms with E-state index in [2.05, 4.69) is 46.8 Å². The maximum atomic E-state index is 4.27. The number of hydrogen-bond acceptors (Lipinski definition) is 0. The van der Waals surface area contributed by atoms with Crippen LogP contribution < -0.4 is 0 Å². The summed E-state index contributed by atoms with van der Waals surface area (Å²) in [4.78, 5) is 0. The maximum Gasteiger partial charge on any atom is -0.0115 e. The highest BCUT2D eigenvalue weighted by atomic mass is 14.5. The van der Waals surface area contributed by atoms with Crippen molar-refractivity contribution >= 4 is 0 Å². The Labute approximate surface area is 109 Å². The van der Waals surface area contributed by atoms with Crippen LogP contribution in [0.3, 0.4) is 0 Å². The molecule has 0 radical (unpaired) electrons. The molecule has 1 fully saturated rings. The lowest BCUT2D eigenvalue weighted by Crippen LogP contribution is -2.06. The Morgan fingerprint density at radius 3 is 2.71 bits per heavy atom. The van der Waals surface area contributed by atoms with E-state index in [-0.39, 0.29) is 0 Å². The second kappa shape index (κ2) is 6.61. The van der Waals surface area contributed by atoms with E-state index in [0.29, 0.717) is 11.3 Å². The van der Waals surface area contributed by atoms with Gasteiger partial charge in [-0.2, -0.15) is 5.92 Å². The van der Waals surface area contributed by atoms with Gasteiger partial charge in [-0.1, -0.05) is 65.0 Å². The predicted molar refractivity (Wildman–Crippen MR) is 77.8 cm³/mol. The van der Waals surface area contributed by atoms with Crippen molar-refractivity contribution in [3.8, 4) is 0 Å². The van der Waals surface area contributed by atoms with Crippen LogP contribution in [0, 0.1) is 30.1 Å². The van der Waals surface area contributed by atoms with Gasteiger partial charge in [0, 0.05) is 0 Å². The quantitative estimate of drug-likeness (QED) is 0.377. The standard InChI is InChI=1S/C17H31/c1-6-10-16-13-17(16,5)12-9-8-11-15(4)14(3)7-2/h9,12,14-16H,4,6-8,10-11,13H2,1-3,5H3/q-1/b12-9-. The Hall–Kier alpha value is -0.260. The van der Waals surface area contributed by atoms with Crippen LogP contribution in [0.2, 0.25) is 0 Å². The maximum absolute atomic E-state index is 4.27. The van der Waals surface area contributed by atoms with E-state index in [4.69, 9.17) is 0 Å². The summed E-state index contributed by atoms with van der Waals surface area (Å²) in [6.45, 7) is 13.6. The zero-order valence-electron chi connectivity index (χ0n) is 12.3. The normalized spacial score (nSPS) is 31.7. The van der Waals surface area contributed by atoms with Crippen molar-refractivity contribution in [3.05, 3.63) is 19.1 Å². The number of allylic oxidation sites excluding steroid dienone is 2. The van der Waals surface area contributed by atoms with Crippen LogP contribution in [-0.4, -0.2) is 0 Å². The average molecular weight is 235 g/mol. The summed E-state index contributed by atoms with van der Waals surface area (Å²) in [5, 5.41) is 0. The van der Waals surface area contributed by atoms with Crippen molar-refractivity contribution in [2.75, 3.05) is 0 Å². The molecule has 0 spiro atoms. The minimum absolute atomic E-state index is 0.545. The molecular formula is C17H31-. The van der Waals surface area contributed by atoms with Crippen molar-refractivity contribution in [2.24, 2.45) is 23.2 Å². The summed E-state index contributed by atoms with van der Waals surface area (Å²) >= 11 is 0. The number of hydrogen-bond donors (Lipinski definition) is 0. The fourth-order valence-electron chi connectivity index (χ4n) is 2.74. The largest absolute Gasteiger partial charge is 0.340 e. The second-order valence-electron chi connectivity index (χ2n) is 6.32. The van der Waals surface area contributed by atoms with Crippen LogP contribution in [0.5, 0.6) is 0 Å². The van der Waals surface area contributed by atoms with Crippen LogP contribution in [-0.2, 0) is 0 Å². The van der Waals surface area contributed by atoms with Crippen molar-refractivity contribution in [2.45, 2.75) is 66.2 Å². The minimum Gasteiger partial charge on any atom is -0.340 e. The third-order valence-electron chi connectivity index (χ3n) is 4.75. The molecule has 0 heterocycles. The molecule has 1 rings (SSSR count). The molecule has 1 aliphatic carbocycles. The summed E-state index contributed by atoms with van der Waals surface area (Å²) in [5.41, 5.74) is 0.545. The SMILES string of the molecule is [CH2-]C(CC/C=C\C1(C)CC1CCC)C(C)CC. The molecular weight excluding hydrogens is 204 g/mol. The van der Waals surface area contributed by atoms with Crippen molar-refractivity contribution in [1.82, 2.24) is 0 Å². The Morgan fingerprint density at radius 1 is 1.41 bits per heavy atom. The first kappa shape index (κ1) is 14.8. The smallest absolute Gasteiger partial charge is 0.0115 e. The van der Waals surface area contributed by atoms with Crippen molar-refractivity contribution in [1.29, 1.82) is 0 Å². The molecule has 0 amide bonds. The van der Waals surface area contributed by atoms with Gasteiger partial charge in [-0.05, 0) is 30.6 Å². The summed E-state index contributed by atoms with van der Waals surface area (Å²) in [6.07, 6.45) is 12.8. The molecule has 0 aromatic rings. The summed E-state index contributed by atoms with van der Waals surface area (Å²) in [5.74, 6) is 2.37.